The predicted molar refractivity (Wildman–Crippen MR) is 60.1 cm³/mol. The monoisotopic (exact) mass is 226 g/mol. The molecule has 15 heavy (non-hydrogen) atoms. The van der Waals surface area contributed by atoms with Crippen molar-refractivity contribution in [2.45, 2.75) is 25.5 Å². The van der Waals surface area contributed by atoms with Crippen LogP contribution in [-0.4, -0.2) is 33.6 Å². The Morgan fingerprint density at radius 2 is 2.47 bits per heavy atom. The van der Waals surface area contributed by atoms with Gasteiger partial charge in [-0.2, -0.15) is 4.98 Å². The highest BCUT2D eigenvalue weighted by Gasteiger charge is 2.14. The number of amidine groups is 1. The van der Waals surface area contributed by atoms with E-state index in [-0.39, 0.29) is 0 Å². The van der Waals surface area contributed by atoms with Crippen LogP contribution in [0.5, 0.6) is 0 Å². The molecule has 2 heterocycles. The first-order valence-corrected chi connectivity index (χ1v) is 5.86. The van der Waals surface area contributed by atoms with Gasteiger partial charge in [-0.3, -0.25) is 4.99 Å². The summed E-state index contributed by atoms with van der Waals surface area (Å²) in [5, 5.41) is 8.71. The zero-order valence-electron chi connectivity index (χ0n) is 8.86. The largest absolute Gasteiger partial charge is 0.364 e. The number of aryl methyl sites for hydroxylation is 1. The summed E-state index contributed by atoms with van der Waals surface area (Å²) in [6.45, 7) is 5.68. The number of thioether (sulfide) groups is 1. The molecule has 0 saturated heterocycles. The number of rotatable bonds is 3. The van der Waals surface area contributed by atoms with Gasteiger partial charge >= 0.3 is 0 Å². The molecule has 82 valence electrons. The van der Waals surface area contributed by atoms with Crippen molar-refractivity contribution in [3.05, 3.63) is 11.7 Å². The maximum absolute atomic E-state index is 4.88. The molecular formula is C9H14N4OS. The molecule has 1 aliphatic heterocycles. The number of aliphatic imine (C=N–C) groups is 1. The van der Waals surface area contributed by atoms with Crippen LogP contribution in [-0.2, 0) is 6.42 Å². The number of hydrogen-bond donors (Lipinski definition) is 1. The van der Waals surface area contributed by atoms with Crippen LogP contribution in [0.2, 0.25) is 0 Å². The van der Waals surface area contributed by atoms with Crippen molar-refractivity contribution in [2.24, 2.45) is 4.99 Å². The Bertz CT molecular complexity index is 363. The number of nitrogens with one attached hydrogen (secondary N) is 1. The van der Waals surface area contributed by atoms with E-state index in [1.165, 1.54) is 0 Å². The Labute approximate surface area is 92.7 Å². The Kier molecular flexibility index (Phi) is 3.25. The van der Waals surface area contributed by atoms with Crippen molar-refractivity contribution < 1.29 is 4.52 Å². The Morgan fingerprint density at radius 3 is 3.07 bits per heavy atom. The molecule has 1 atom stereocenters. The second-order valence-electron chi connectivity index (χ2n) is 3.48. The molecule has 0 fully saturated rings. The van der Waals surface area contributed by atoms with E-state index in [4.69, 9.17) is 4.52 Å². The van der Waals surface area contributed by atoms with Gasteiger partial charge in [-0.1, -0.05) is 23.8 Å². The van der Waals surface area contributed by atoms with Crippen LogP contribution < -0.4 is 5.32 Å². The fraction of sp³-hybridized carbons (Fsp3) is 0.667. The first-order valence-electron chi connectivity index (χ1n) is 4.98. The molecule has 5 nitrogen and oxygen atoms in total. The van der Waals surface area contributed by atoms with E-state index < -0.39 is 0 Å². The molecule has 1 aromatic rings. The molecule has 1 N–H and O–H groups in total. The molecule has 0 saturated carbocycles. The molecule has 1 aliphatic rings. The van der Waals surface area contributed by atoms with Gasteiger partial charge in [0.25, 0.3) is 0 Å². The summed E-state index contributed by atoms with van der Waals surface area (Å²) in [5.41, 5.74) is 0. The van der Waals surface area contributed by atoms with E-state index in [9.17, 15) is 0 Å². The zero-order chi connectivity index (χ0) is 10.7. The molecular weight excluding hydrogens is 212 g/mol. The van der Waals surface area contributed by atoms with Crippen molar-refractivity contribution in [3.8, 4) is 0 Å². The van der Waals surface area contributed by atoms with E-state index in [1.54, 1.807) is 18.7 Å². The minimum Gasteiger partial charge on any atom is -0.364 e. The molecule has 1 aromatic heterocycles. The molecule has 0 radical (unpaired) electrons. The van der Waals surface area contributed by atoms with Crippen LogP contribution in [0.1, 0.15) is 18.6 Å². The lowest BCUT2D eigenvalue weighted by atomic mass is 10.4. The van der Waals surface area contributed by atoms with E-state index in [1.807, 2.05) is 0 Å². The Morgan fingerprint density at radius 1 is 1.60 bits per heavy atom. The summed E-state index contributed by atoms with van der Waals surface area (Å²) >= 11 is 1.78. The third kappa shape index (κ3) is 2.95. The van der Waals surface area contributed by atoms with Crippen molar-refractivity contribution in [1.29, 1.82) is 0 Å². The lowest BCUT2D eigenvalue weighted by molar-refractivity contribution is 0.387. The minimum atomic E-state index is 0.597. The van der Waals surface area contributed by atoms with E-state index in [0.29, 0.717) is 11.1 Å². The van der Waals surface area contributed by atoms with Gasteiger partial charge in [0.2, 0.25) is 5.89 Å². The van der Waals surface area contributed by atoms with Gasteiger partial charge in [0.05, 0.1) is 6.54 Å². The summed E-state index contributed by atoms with van der Waals surface area (Å²) in [6, 6.07) is 0. The quantitative estimate of drug-likeness (QED) is 0.833. The Hall–Kier alpha value is -1.04. The first-order chi connectivity index (χ1) is 7.24. The topological polar surface area (TPSA) is 63.3 Å². The molecule has 0 spiro atoms. The molecule has 1 unspecified atom stereocenters. The van der Waals surface area contributed by atoms with Crippen molar-refractivity contribution in [3.63, 3.8) is 0 Å². The second-order valence-corrected chi connectivity index (χ2v) is 4.91. The van der Waals surface area contributed by atoms with E-state index in [0.717, 1.165) is 30.5 Å². The summed E-state index contributed by atoms with van der Waals surface area (Å²) in [6.07, 6.45) is 0.769. The minimum absolute atomic E-state index is 0.597. The number of nitrogens with zero attached hydrogens (tertiary/aromatic N) is 3. The smallest absolute Gasteiger partial charge is 0.223 e. The normalized spacial score (nSPS) is 20.4. The number of aromatic nitrogens is 2. The standard InChI is InChI=1S/C9H14N4OS/c1-6-5-11-9(15-6)10-4-3-8-12-7(2)14-13-8/h6H,3-5H2,1-2H3,(H,10,11). The highest BCUT2D eigenvalue weighted by molar-refractivity contribution is 8.14. The summed E-state index contributed by atoms with van der Waals surface area (Å²) in [4.78, 5) is 8.48. The van der Waals surface area contributed by atoms with Crippen molar-refractivity contribution in [1.82, 2.24) is 15.5 Å². The lowest BCUT2D eigenvalue weighted by Crippen LogP contribution is -2.22. The maximum atomic E-state index is 4.88. The molecule has 0 aliphatic carbocycles. The second kappa shape index (κ2) is 4.65. The Balaban J connectivity index is 1.71. The molecule has 0 aromatic carbocycles. The van der Waals surface area contributed by atoms with E-state index >= 15 is 0 Å². The van der Waals surface area contributed by atoms with Gasteiger partial charge in [-0.25, -0.2) is 0 Å². The van der Waals surface area contributed by atoms with Gasteiger partial charge in [0, 0.05) is 25.1 Å². The van der Waals surface area contributed by atoms with Gasteiger partial charge in [0.15, 0.2) is 11.0 Å². The van der Waals surface area contributed by atoms with Crippen LogP contribution in [0, 0.1) is 6.92 Å². The highest BCUT2D eigenvalue weighted by Crippen LogP contribution is 2.18. The lowest BCUT2D eigenvalue weighted by Gasteiger charge is -2.03. The van der Waals surface area contributed by atoms with Gasteiger partial charge in [0.1, 0.15) is 0 Å². The maximum Gasteiger partial charge on any atom is 0.223 e. The highest BCUT2D eigenvalue weighted by atomic mass is 32.2. The van der Waals surface area contributed by atoms with Crippen molar-refractivity contribution >= 4 is 16.9 Å². The summed E-state index contributed by atoms with van der Waals surface area (Å²) < 4.78 is 4.88. The molecule has 0 bridgehead atoms. The van der Waals surface area contributed by atoms with Crippen LogP contribution in [0.25, 0.3) is 0 Å². The summed E-state index contributed by atoms with van der Waals surface area (Å²) in [5.74, 6) is 1.36. The van der Waals surface area contributed by atoms with Gasteiger partial charge in [-0.05, 0) is 0 Å². The average Bonchev–Trinajstić information content (AvgIpc) is 2.76. The van der Waals surface area contributed by atoms with Crippen LogP contribution in [0.3, 0.4) is 0 Å². The van der Waals surface area contributed by atoms with Crippen LogP contribution >= 0.6 is 11.8 Å². The third-order valence-electron chi connectivity index (χ3n) is 2.00. The van der Waals surface area contributed by atoms with Crippen molar-refractivity contribution in [2.75, 3.05) is 13.1 Å². The summed E-state index contributed by atoms with van der Waals surface area (Å²) in [7, 11) is 0. The van der Waals surface area contributed by atoms with E-state index in [2.05, 4.69) is 27.4 Å². The fourth-order valence-corrected chi connectivity index (χ4v) is 2.16. The van der Waals surface area contributed by atoms with Crippen LogP contribution in [0.15, 0.2) is 9.52 Å². The number of hydrogen-bond acceptors (Lipinski definition) is 6. The molecule has 0 amide bonds. The first kappa shape index (κ1) is 10.5. The van der Waals surface area contributed by atoms with Gasteiger partial charge < -0.3 is 9.84 Å². The molecule has 6 heteroatoms. The van der Waals surface area contributed by atoms with Gasteiger partial charge in [-0.15, -0.1) is 0 Å². The molecule has 2 rings (SSSR count). The fourth-order valence-electron chi connectivity index (χ4n) is 1.30. The third-order valence-corrected chi connectivity index (χ3v) is 3.05. The van der Waals surface area contributed by atoms with Crippen LogP contribution in [0.4, 0.5) is 0 Å². The average molecular weight is 226 g/mol. The zero-order valence-corrected chi connectivity index (χ0v) is 9.67. The predicted octanol–water partition coefficient (Wildman–Crippen LogP) is 1.00. The SMILES string of the molecule is Cc1nc(CCNC2=NCC(C)S2)no1.